The van der Waals surface area contributed by atoms with E-state index in [4.69, 9.17) is 14.2 Å². The quantitative estimate of drug-likeness (QED) is 0.434. The van der Waals surface area contributed by atoms with Gasteiger partial charge in [-0.15, -0.1) is 11.3 Å². The van der Waals surface area contributed by atoms with Crippen LogP contribution in [-0.4, -0.2) is 30.1 Å². The molecular formula is C27H27NO6S. The molecule has 3 aromatic rings. The number of hydrogen-bond acceptors (Lipinski definition) is 7. The second-order valence-electron chi connectivity index (χ2n) is 9.08. The second kappa shape index (κ2) is 9.54. The van der Waals surface area contributed by atoms with Gasteiger partial charge >= 0.3 is 11.9 Å². The third-order valence-corrected chi connectivity index (χ3v) is 6.58. The first kappa shape index (κ1) is 24.5. The maximum atomic E-state index is 13.7. The number of fused-ring (bicyclic) bond motifs is 2. The van der Waals surface area contributed by atoms with E-state index in [0.717, 1.165) is 11.3 Å². The molecule has 1 amide bonds. The highest BCUT2D eigenvalue weighted by Gasteiger charge is 2.35. The minimum atomic E-state index is -0.712. The lowest BCUT2D eigenvalue weighted by atomic mass is 9.87. The maximum absolute atomic E-state index is 13.7. The van der Waals surface area contributed by atoms with Crippen LogP contribution in [0.4, 0.5) is 5.00 Å². The Bertz CT molecular complexity index is 1260. The molecule has 0 aliphatic carbocycles. The van der Waals surface area contributed by atoms with Crippen LogP contribution in [0.2, 0.25) is 0 Å². The van der Waals surface area contributed by atoms with Crippen molar-refractivity contribution in [1.82, 2.24) is 0 Å². The van der Waals surface area contributed by atoms with Crippen LogP contribution in [0.1, 0.15) is 70.3 Å². The van der Waals surface area contributed by atoms with E-state index in [-0.39, 0.29) is 28.0 Å². The molecule has 1 N–H and O–H groups in total. The number of rotatable bonds is 5. The van der Waals surface area contributed by atoms with Crippen molar-refractivity contribution in [3.05, 3.63) is 75.7 Å². The zero-order chi connectivity index (χ0) is 25.3. The van der Waals surface area contributed by atoms with Gasteiger partial charge in [0, 0.05) is 11.1 Å². The summed E-state index contributed by atoms with van der Waals surface area (Å²) in [6, 6.07) is 14.7. The molecule has 8 heteroatoms. The molecular weight excluding hydrogens is 466 g/mol. The molecule has 0 saturated carbocycles. The van der Waals surface area contributed by atoms with Crippen molar-refractivity contribution >= 4 is 34.2 Å². The van der Waals surface area contributed by atoms with E-state index < -0.39 is 23.5 Å². The van der Waals surface area contributed by atoms with Crippen molar-refractivity contribution in [3.8, 4) is 11.5 Å². The Morgan fingerprint density at radius 3 is 2.09 bits per heavy atom. The van der Waals surface area contributed by atoms with E-state index in [1.54, 1.807) is 34.6 Å². The average molecular weight is 494 g/mol. The third-order valence-electron chi connectivity index (χ3n) is 5.39. The summed E-state index contributed by atoms with van der Waals surface area (Å²) in [5.74, 6) is -1.01. The maximum Gasteiger partial charge on any atom is 0.349 e. The van der Waals surface area contributed by atoms with Crippen molar-refractivity contribution in [3.63, 3.8) is 0 Å². The molecule has 0 unspecified atom stereocenters. The van der Waals surface area contributed by atoms with Crippen molar-refractivity contribution in [2.24, 2.45) is 0 Å². The molecule has 0 atom stereocenters. The molecule has 0 fully saturated rings. The van der Waals surface area contributed by atoms with Crippen LogP contribution in [-0.2, 0) is 14.3 Å². The molecule has 1 aliphatic rings. The minimum absolute atomic E-state index is 0.152. The van der Waals surface area contributed by atoms with Gasteiger partial charge < -0.3 is 19.5 Å². The van der Waals surface area contributed by atoms with Crippen LogP contribution in [0, 0.1) is 6.92 Å². The van der Waals surface area contributed by atoms with Gasteiger partial charge in [-0.25, -0.2) is 9.59 Å². The number of amides is 1. The molecule has 2 aromatic carbocycles. The van der Waals surface area contributed by atoms with Crippen molar-refractivity contribution in [1.29, 1.82) is 0 Å². The zero-order valence-corrected chi connectivity index (χ0v) is 21.1. The highest BCUT2D eigenvalue weighted by Crippen LogP contribution is 2.45. The smallest absolute Gasteiger partial charge is 0.349 e. The van der Waals surface area contributed by atoms with Gasteiger partial charge in [0.05, 0.1) is 18.1 Å². The van der Waals surface area contributed by atoms with Crippen LogP contribution >= 0.6 is 11.3 Å². The van der Waals surface area contributed by atoms with E-state index in [1.165, 1.54) is 0 Å². The number of para-hydroxylation sites is 2. The summed E-state index contributed by atoms with van der Waals surface area (Å²) in [5.41, 5.74) is 1.27. The van der Waals surface area contributed by atoms with E-state index in [2.05, 4.69) is 5.32 Å². The summed E-state index contributed by atoms with van der Waals surface area (Å²) in [6.07, 6.45) is 0. The highest BCUT2D eigenvalue weighted by molar-refractivity contribution is 7.18. The van der Waals surface area contributed by atoms with Crippen LogP contribution in [0.3, 0.4) is 0 Å². The summed E-state index contributed by atoms with van der Waals surface area (Å²) in [5, 5.41) is 3.14. The Kier molecular flexibility index (Phi) is 6.67. The van der Waals surface area contributed by atoms with E-state index in [1.807, 2.05) is 48.5 Å². The van der Waals surface area contributed by atoms with Crippen LogP contribution < -0.4 is 10.1 Å². The molecule has 0 bridgehead atoms. The number of carbonyl (C=O) groups is 3. The SMILES string of the molecule is CCOC(=O)c1c(NC(=O)C2c3ccccc3Oc3ccccc32)sc(C(=O)OC(C)(C)C)c1C. The first-order valence-corrected chi connectivity index (χ1v) is 12.1. The molecule has 0 spiro atoms. The standard InChI is InChI=1S/C27H27NO6S/c1-6-32-25(30)20-15(2)22(26(31)34-27(3,4)5)35-24(20)28-23(29)21-16-11-7-9-13-18(16)33-19-14-10-8-12-17(19)21/h7-14,21H,6H2,1-5H3,(H,28,29). The summed E-state index contributed by atoms with van der Waals surface area (Å²) < 4.78 is 16.7. The predicted molar refractivity (Wildman–Crippen MR) is 134 cm³/mol. The molecule has 4 rings (SSSR count). The summed E-state index contributed by atoms with van der Waals surface area (Å²) in [4.78, 5) is 39.6. The van der Waals surface area contributed by atoms with E-state index in [0.29, 0.717) is 28.2 Å². The topological polar surface area (TPSA) is 90.9 Å². The second-order valence-corrected chi connectivity index (χ2v) is 10.1. The Morgan fingerprint density at radius 1 is 0.971 bits per heavy atom. The van der Waals surface area contributed by atoms with Gasteiger partial charge in [0.1, 0.15) is 27.0 Å². The molecule has 7 nitrogen and oxygen atoms in total. The molecule has 2 heterocycles. The number of benzene rings is 2. The predicted octanol–water partition coefficient (Wildman–Crippen LogP) is 6.06. The van der Waals surface area contributed by atoms with E-state index in [9.17, 15) is 14.4 Å². The number of anilines is 1. The van der Waals surface area contributed by atoms with Crippen LogP contribution in [0.15, 0.2) is 48.5 Å². The number of esters is 2. The Labute approximate surface area is 208 Å². The summed E-state index contributed by atoms with van der Waals surface area (Å²) in [6.45, 7) is 8.80. The monoisotopic (exact) mass is 493 g/mol. The fourth-order valence-electron chi connectivity index (χ4n) is 3.95. The lowest BCUT2D eigenvalue weighted by molar-refractivity contribution is -0.116. The molecule has 182 valence electrons. The first-order chi connectivity index (χ1) is 16.6. The molecule has 35 heavy (non-hydrogen) atoms. The number of nitrogens with one attached hydrogen (secondary N) is 1. The first-order valence-electron chi connectivity index (χ1n) is 11.3. The average Bonchev–Trinajstić information content (AvgIpc) is 3.12. The third kappa shape index (κ3) is 4.93. The number of ether oxygens (including phenoxy) is 3. The summed E-state index contributed by atoms with van der Waals surface area (Å²) >= 11 is 1.01. The fourth-order valence-corrected chi connectivity index (χ4v) is 5.02. The van der Waals surface area contributed by atoms with Gasteiger partial charge in [0.25, 0.3) is 0 Å². The van der Waals surface area contributed by atoms with Crippen molar-refractivity contribution in [2.75, 3.05) is 11.9 Å². The van der Waals surface area contributed by atoms with Gasteiger partial charge in [-0.1, -0.05) is 36.4 Å². The molecule has 1 aliphatic heterocycles. The van der Waals surface area contributed by atoms with Gasteiger partial charge in [-0.3, -0.25) is 4.79 Å². The largest absolute Gasteiger partial charge is 0.462 e. The molecule has 0 radical (unpaired) electrons. The Morgan fingerprint density at radius 2 is 1.54 bits per heavy atom. The fraction of sp³-hybridized carbons (Fsp3) is 0.296. The van der Waals surface area contributed by atoms with Gasteiger partial charge in [-0.05, 0) is 52.3 Å². The highest BCUT2D eigenvalue weighted by atomic mass is 32.1. The lowest BCUT2D eigenvalue weighted by Gasteiger charge is -2.27. The van der Waals surface area contributed by atoms with Crippen LogP contribution in [0.5, 0.6) is 11.5 Å². The summed E-state index contributed by atoms with van der Waals surface area (Å²) in [7, 11) is 0. The van der Waals surface area contributed by atoms with Gasteiger partial charge in [0.2, 0.25) is 5.91 Å². The van der Waals surface area contributed by atoms with Gasteiger partial charge in [-0.2, -0.15) is 0 Å². The van der Waals surface area contributed by atoms with Crippen molar-refractivity contribution < 1.29 is 28.6 Å². The van der Waals surface area contributed by atoms with Crippen molar-refractivity contribution in [2.45, 2.75) is 46.1 Å². The number of carbonyl (C=O) groups excluding carboxylic acids is 3. The van der Waals surface area contributed by atoms with Gasteiger partial charge in [0.15, 0.2) is 0 Å². The van der Waals surface area contributed by atoms with E-state index >= 15 is 0 Å². The lowest BCUT2D eigenvalue weighted by Crippen LogP contribution is -2.25. The number of thiophene rings is 1. The molecule has 1 aromatic heterocycles. The molecule has 0 saturated heterocycles. The minimum Gasteiger partial charge on any atom is -0.462 e. The Balaban J connectivity index is 1.75. The normalized spacial score (nSPS) is 12.7. The van der Waals surface area contributed by atoms with Crippen LogP contribution in [0.25, 0.3) is 0 Å². The zero-order valence-electron chi connectivity index (χ0n) is 20.3. The Hall–Kier alpha value is -3.65. The number of hydrogen-bond donors (Lipinski definition) is 1.